The molecule has 7 nitrogen and oxygen atoms in total. The lowest BCUT2D eigenvalue weighted by Crippen LogP contribution is -2.43. The maximum absolute atomic E-state index is 12.5. The smallest absolute Gasteiger partial charge is 0.417 e. The van der Waals surface area contributed by atoms with Crippen LogP contribution in [0.1, 0.15) is 32.8 Å². The molecule has 0 saturated carbocycles. The number of alkyl halides is 3. The minimum absolute atomic E-state index is 0.0305. The minimum Gasteiger partial charge on any atom is -0.480 e. The average Bonchev–Trinajstić information content (AvgIpc) is 2.89. The van der Waals surface area contributed by atoms with Crippen LogP contribution >= 0.6 is 0 Å². The van der Waals surface area contributed by atoms with Gasteiger partial charge in [-0.2, -0.15) is 13.2 Å². The average molecular weight is 376 g/mol. The third-order valence-electron chi connectivity index (χ3n) is 3.53. The molecule has 2 atom stereocenters. The maximum atomic E-state index is 12.5. The van der Waals surface area contributed by atoms with E-state index in [9.17, 15) is 27.9 Å². The highest BCUT2D eigenvalue weighted by atomic mass is 19.4. The van der Waals surface area contributed by atoms with Crippen LogP contribution < -0.4 is 4.74 Å². The first kappa shape index (κ1) is 19.8. The molecule has 1 aliphatic rings. The van der Waals surface area contributed by atoms with E-state index in [2.05, 4.69) is 4.98 Å². The predicted octanol–water partition coefficient (Wildman–Crippen LogP) is 2.94. The number of aromatic nitrogens is 1. The van der Waals surface area contributed by atoms with Crippen molar-refractivity contribution in [3.8, 4) is 5.88 Å². The van der Waals surface area contributed by atoms with Gasteiger partial charge in [0.1, 0.15) is 17.7 Å². The van der Waals surface area contributed by atoms with Crippen molar-refractivity contribution in [2.24, 2.45) is 0 Å². The van der Waals surface area contributed by atoms with Gasteiger partial charge in [0.15, 0.2) is 0 Å². The summed E-state index contributed by atoms with van der Waals surface area (Å²) in [5, 5.41) is 9.30. The molecule has 1 amide bonds. The first-order chi connectivity index (χ1) is 11.9. The summed E-state index contributed by atoms with van der Waals surface area (Å²) < 4.78 is 48.2. The van der Waals surface area contributed by atoms with Gasteiger partial charge >= 0.3 is 18.2 Å². The van der Waals surface area contributed by atoms with Gasteiger partial charge in [0.25, 0.3) is 0 Å². The molecule has 0 aliphatic carbocycles. The maximum Gasteiger partial charge on any atom is 0.417 e. The lowest BCUT2D eigenvalue weighted by atomic mass is 10.2. The molecule has 144 valence electrons. The van der Waals surface area contributed by atoms with Crippen LogP contribution in [0.3, 0.4) is 0 Å². The first-order valence-electron chi connectivity index (χ1n) is 7.79. The molecular formula is C16H19F3N2O5. The highest BCUT2D eigenvalue weighted by molar-refractivity contribution is 5.81. The van der Waals surface area contributed by atoms with E-state index >= 15 is 0 Å². The molecule has 0 aromatic carbocycles. The fourth-order valence-corrected chi connectivity index (χ4v) is 2.43. The van der Waals surface area contributed by atoms with Gasteiger partial charge in [0.2, 0.25) is 5.88 Å². The van der Waals surface area contributed by atoms with E-state index in [-0.39, 0.29) is 18.8 Å². The second-order valence-electron chi connectivity index (χ2n) is 6.85. The number of carbonyl (C=O) groups is 2. The third kappa shape index (κ3) is 4.99. The van der Waals surface area contributed by atoms with E-state index in [0.29, 0.717) is 6.20 Å². The number of halogens is 3. The summed E-state index contributed by atoms with van der Waals surface area (Å²) in [7, 11) is 0. The van der Waals surface area contributed by atoms with Crippen LogP contribution in [0.15, 0.2) is 18.3 Å². The fraction of sp³-hybridized carbons (Fsp3) is 0.562. The molecule has 0 spiro atoms. The van der Waals surface area contributed by atoms with Gasteiger partial charge in [-0.3, -0.25) is 4.90 Å². The molecule has 26 heavy (non-hydrogen) atoms. The Hall–Kier alpha value is -2.52. The van der Waals surface area contributed by atoms with Crippen LogP contribution in [-0.2, 0) is 15.7 Å². The van der Waals surface area contributed by atoms with Crippen molar-refractivity contribution in [1.82, 2.24) is 9.88 Å². The summed E-state index contributed by atoms with van der Waals surface area (Å²) in [6.45, 7) is 4.87. The van der Waals surface area contributed by atoms with Gasteiger partial charge in [-0.25, -0.2) is 14.6 Å². The summed E-state index contributed by atoms with van der Waals surface area (Å²) in [4.78, 5) is 28.2. The molecular weight excluding hydrogens is 357 g/mol. The van der Waals surface area contributed by atoms with Crippen molar-refractivity contribution in [2.45, 2.75) is 51.1 Å². The molecule has 10 heteroatoms. The molecule has 0 bridgehead atoms. The number of rotatable bonds is 3. The minimum atomic E-state index is -4.51. The molecule has 1 N–H and O–H groups in total. The molecule has 2 rings (SSSR count). The van der Waals surface area contributed by atoms with Gasteiger partial charge in [-0.15, -0.1) is 0 Å². The van der Waals surface area contributed by atoms with E-state index in [1.807, 2.05) is 0 Å². The molecule has 1 saturated heterocycles. The molecule has 1 aromatic heterocycles. The van der Waals surface area contributed by atoms with Crippen molar-refractivity contribution in [3.05, 3.63) is 23.9 Å². The number of carboxylic acid groups (broad SMARTS) is 1. The largest absolute Gasteiger partial charge is 0.480 e. The van der Waals surface area contributed by atoms with Gasteiger partial charge in [-0.1, -0.05) is 0 Å². The molecule has 0 radical (unpaired) electrons. The Balaban J connectivity index is 2.07. The van der Waals surface area contributed by atoms with Crippen molar-refractivity contribution >= 4 is 12.1 Å². The lowest BCUT2D eigenvalue weighted by molar-refractivity contribution is -0.142. The summed E-state index contributed by atoms with van der Waals surface area (Å²) in [6.07, 6.45) is -5.44. The second kappa shape index (κ2) is 7.00. The fourth-order valence-electron chi connectivity index (χ4n) is 2.43. The summed E-state index contributed by atoms with van der Waals surface area (Å²) >= 11 is 0. The topological polar surface area (TPSA) is 89.0 Å². The molecule has 1 fully saturated rings. The lowest BCUT2D eigenvalue weighted by Gasteiger charge is -2.26. The number of nitrogens with zero attached hydrogens (tertiary/aromatic N) is 2. The number of amides is 1. The number of carbonyl (C=O) groups excluding carboxylic acids is 1. The third-order valence-corrected chi connectivity index (χ3v) is 3.53. The van der Waals surface area contributed by atoms with Crippen molar-refractivity contribution < 1.29 is 37.3 Å². The van der Waals surface area contributed by atoms with Gasteiger partial charge in [-0.05, 0) is 26.8 Å². The van der Waals surface area contributed by atoms with Crippen LogP contribution in [-0.4, -0.2) is 51.3 Å². The molecule has 1 aromatic rings. The molecule has 1 aliphatic heterocycles. The quantitative estimate of drug-likeness (QED) is 0.873. The zero-order valence-electron chi connectivity index (χ0n) is 14.4. The summed E-state index contributed by atoms with van der Waals surface area (Å²) in [5.74, 6) is -1.31. The normalized spacial score (nSPS) is 20.8. The summed E-state index contributed by atoms with van der Waals surface area (Å²) in [5.41, 5.74) is -1.72. The van der Waals surface area contributed by atoms with Crippen LogP contribution in [0.5, 0.6) is 5.88 Å². The number of ether oxygens (including phenoxy) is 2. The highest BCUT2D eigenvalue weighted by Crippen LogP contribution is 2.30. The SMILES string of the molecule is CC(C)(C)OC(=O)N1CC(Oc2ccc(C(F)(F)F)cn2)C[C@H]1C(=O)O. The zero-order chi connectivity index (χ0) is 19.7. The Kier molecular flexibility index (Phi) is 5.33. The number of hydrogen-bond acceptors (Lipinski definition) is 5. The van der Waals surface area contributed by atoms with Crippen molar-refractivity contribution in [2.75, 3.05) is 6.54 Å². The Labute approximate surface area is 147 Å². The first-order valence-corrected chi connectivity index (χ1v) is 7.79. The monoisotopic (exact) mass is 376 g/mol. The standard InChI is InChI=1S/C16H19F3N2O5/c1-15(2,3)26-14(24)21-8-10(6-11(21)13(22)23)25-12-5-4-9(7-20-12)16(17,18)19/h4-5,7,10-11H,6,8H2,1-3H3,(H,22,23)/t10?,11-/m0/s1. The zero-order valence-corrected chi connectivity index (χ0v) is 14.4. The Morgan fingerprint density at radius 2 is 1.92 bits per heavy atom. The van der Waals surface area contributed by atoms with Gasteiger partial charge in [0.05, 0.1) is 12.1 Å². The van der Waals surface area contributed by atoms with Crippen LogP contribution in [0, 0.1) is 0 Å². The number of aliphatic carboxylic acids is 1. The van der Waals surface area contributed by atoms with E-state index < -0.39 is 41.5 Å². The number of hydrogen-bond donors (Lipinski definition) is 1. The van der Waals surface area contributed by atoms with E-state index in [1.165, 1.54) is 0 Å². The Bertz CT molecular complexity index is 670. The molecule has 1 unspecified atom stereocenters. The van der Waals surface area contributed by atoms with Crippen molar-refractivity contribution in [3.63, 3.8) is 0 Å². The molecule has 2 heterocycles. The number of likely N-dealkylation sites (tertiary alicyclic amines) is 1. The highest BCUT2D eigenvalue weighted by Gasteiger charge is 2.43. The van der Waals surface area contributed by atoms with Crippen LogP contribution in [0.25, 0.3) is 0 Å². The Morgan fingerprint density at radius 3 is 2.38 bits per heavy atom. The van der Waals surface area contributed by atoms with Gasteiger partial charge in [0, 0.05) is 18.7 Å². The predicted molar refractivity (Wildman–Crippen MR) is 82.6 cm³/mol. The van der Waals surface area contributed by atoms with Crippen LogP contribution in [0.2, 0.25) is 0 Å². The Morgan fingerprint density at radius 1 is 1.27 bits per heavy atom. The van der Waals surface area contributed by atoms with Crippen LogP contribution in [0.4, 0.5) is 18.0 Å². The number of pyridine rings is 1. The van der Waals surface area contributed by atoms with Crippen molar-refractivity contribution in [1.29, 1.82) is 0 Å². The number of carboxylic acids is 1. The van der Waals surface area contributed by atoms with E-state index in [0.717, 1.165) is 17.0 Å². The van der Waals surface area contributed by atoms with Gasteiger partial charge < -0.3 is 14.6 Å². The second-order valence-corrected chi connectivity index (χ2v) is 6.85. The van der Waals surface area contributed by atoms with E-state index in [4.69, 9.17) is 9.47 Å². The summed E-state index contributed by atoms with van der Waals surface area (Å²) in [6, 6.07) is 0.719. The van der Waals surface area contributed by atoms with E-state index in [1.54, 1.807) is 20.8 Å².